The maximum atomic E-state index is 5.68. The number of allylic oxidation sites excluding steroid dienone is 1. The highest BCUT2D eigenvalue weighted by Gasteiger charge is 2.21. The van der Waals surface area contributed by atoms with Gasteiger partial charge in [0, 0.05) is 30.4 Å². The number of ether oxygens (including phenoxy) is 1. The summed E-state index contributed by atoms with van der Waals surface area (Å²) < 4.78 is 7.63. The Kier molecular flexibility index (Phi) is 2.72. The zero-order valence-corrected chi connectivity index (χ0v) is 10.3. The van der Waals surface area contributed by atoms with E-state index in [1.807, 2.05) is 10.6 Å². The van der Waals surface area contributed by atoms with Gasteiger partial charge in [0.15, 0.2) is 6.73 Å². The van der Waals surface area contributed by atoms with Crippen LogP contribution in [0.4, 0.5) is 0 Å². The Balaban J connectivity index is 2.06. The number of aliphatic imine (C=N–C) groups is 1. The standard InChI is InChI=1S/C14H12N4O/c1-3-15-6-10(2)12-8-17-14-11-7-16-5-4-13(11)19-9-18(12)14/h3-8H,1-2,9H2. The molecule has 94 valence electrons. The number of imidazole rings is 1. The van der Waals surface area contributed by atoms with Crippen LogP contribution in [-0.2, 0) is 6.73 Å². The predicted octanol–water partition coefficient (Wildman–Crippen LogP) is 2.52. The molecule has 0 aliphatic carbocycles. The highest BCUT2D eigenvalue weighted by Crippen LogP contribution is 2.33. The van der Waals surface area contributed by atoms with Crippen LogP contribution in [0.3, 0.4) is 0 Å². The first-order valence-corrected chi connectivity index (χ1v) is 5.77. The molecule has 1 aliphatic rings. The maximum Gasteiger partial charge on any atom is 0.167 e. The first kappa shape index (κ1) is 11.4. The summed E-state index contributed by atoms with van der Waals surface area (Å²) in [6.45, 7) is 7.91. The molecule has 19 heavy (non-hydrogen) atoms. The minimum Gasteiger partial charge on any atom is -0.472 e. The van der Waals surface area contributed by atoms with Crippen LogP contribution in [0.5, 0.6) is 5.75 Å². The van der Waals surface area contributed by atoms with E-state index in [-0.39, 0.29) is 0 Å². The fourth-order valence-corrected chi connectivity index (χ4v) is 2.00. The SMILES string of the molecule is C=CN=CC(=C)c1cnc2n1COc1ccncc1-2. The first-order valence-electron chi connectivity index (χ1n) is 5.77. The van der Waals surface area contributed by atoms with E-state index in [9.17, 15) is 0 Å². The first-order chi connectivity index (χ1) is 9.31. The van der Waals surface area contributed by atoms with Crippen molar-refractivity contribution in [3.05, 3.63) is 49.7 Å². The molecule has 0 radical (unpaired) electrons. The maximum absolute atomic E-state index is 5.68. The van der Waals surface area contributed by atoms with Crippen molar-refractivity contribution in [1.82, 2.24) is 14.5 Å². The third-order valence-corrected chi connectivity index (χ3v) is 2.89. The van der Waals surface area contributed by atoms with Crippen LogP contribution in [0.2, 0.25) is 0 Å². The summed E-state index contributed by atoms with van der Waals surface area (Å²) in [5, 5.41) is 0. The van der Waals surface area contributed by atoms with Gasteiger partial charge >= 0.3 is 0 Å². The average molecular weight is 252 g/mol. The second-order valence-corrected chi connectivity index (χ2v) is 4.03. The molecule has 1 aliphatic heterocycles. The Bertz CT molecular complexity index is 685. The number of hydrogen-bond donors (Lipinski definition) is 0. The Morgan fingerprint density at radius 2 is 2.37 bits per heavy atom. The summed E-state index contributed by atoms with van der Waals surface area (Å²) in [5.74, 6) is 1.63. The quantitative estimate of drug-likeness (QED) is 0.789. The Morgan fingerprint density at radius 3 is 3.21 bits per heavy atom. The van der Waals surface area contributed by atoms with Gasteiger partial charge in [-0.25, -0.2) is 4.98 Å². The molecule has 0 N–H and O–H groups in total. The van der Waals surface area contributed by atoms with Crippen molar-refractivity contribution < 1.29 is 4.74 Å². The summed E-state index contributed by atoms with van der Waals surface area (Å²) >= 11 is 0. The number of nitrogens with zero attached hydrogens (tertiary/aromatic N) is 4. The van der Waals surface area contributed by atoms with Gasteiger partial charge in [-0.2, -0.15) is 0 Å². The second-order valence-electron chi connectivity index (χ2n) is 4.03. The molecule has 0 atom stereocenters. The summed E-state index contributed by atoms with van der Waals surface area (Å²) in [5.41, 5.74) is 2.51. The fraction of sp³-hybridized carbons (Fsp3) is 0.0714. The van der Waals surface area contributed by atoms with Crippen LogP contribution in [0, 0.1) is 0 Å². The van der Waals surface area contributed by atoms with E-state index >= 15 is 0 Å². The van der Waals surface area contributed by atoms with Gasteiger partial charge in [0.25, 0.3) is 0 Å². The molecule has 3 heterocycles. The van der Waals surface area contributed by atoms with Crippen molar-refractivity contribution in [1.29, 1.82) is 0 Å². The molecule has 0 bridgehead atoms. The summed E-state index contributed by atoms with van der Waals surface area (Å²) in [7, 11) is 0. The molecular weight excluding hydrogens is 240 g/mol. The zero-order chi connectivity index (χ0) is 13.2. The lowest BCUT2D eigenvalue weighted by Crippen LogP contribution is -2.15. The zero-order valence-electron chi connectivity index (χ0n) is 10.3. The molecule has 0 amide bonds. The third-order valence-electron chi connectivity index (χ3n) is 2.89. The van der Waals surface area contributed by atoms with Gasteiger partial charge in [0.05, 0.1) is 17.5 Å². The van der Waals surface area contributed by atoms with Crippen molar-refractivity contribution in [2.75, 3.05) is 0 Å². The molecule has 3 rings (SSSR count). The molecule has 0 spiro atoms. The Hall–Kier alpha value is -2.69. The van der Waals surface area contributed by atoms with Crippen LogP contribution in [0.1, 0.15) is 5.69 Å². The molecule has 0 unspecified atom stereocenters. The molecule has 0 saturated heterocycles. The molecule has 2 aromatic rings. The molecule has 2 aromatic heterocycles. The van der Waals surface area contributed by atoms with E-state index in [4.69, 9.17) is 4.74 Å². The molecule has 0 saturated carbocycles. The number of fused-ring (bicyclic) bond motifs is 3. The molecule has 0 aromatic carbocycles. The van der Waals surface area contributed by atoms with Crippen molar-refractivity contribution >= 4 is 11.8 Å². The van der Waals surface area contributed by atoms with Crippen molar-refractivity contribution in [2.24, 2.45) is 4.99 Å². The van der Waals surface area contributed by atoms with Gasteiger partial charge in [-0.05, 0) is 6.07 Å². The largest absolute Gasteiger partial charge is 0.472 e. The Morgan fingerprint density at radius 1 is 1.47 bits per heavy atom. The van der Waals surface area contributed by atoms with Crippen LogP contribution < -0.4 is 4.74 Å². The van der Waals surface area contributed by atoms with Crippen LogP contribution in [0.15, 0.2) is 49.0 Å². The summed E-state index contributed by atoms with van der Waals surface area (Å²) in [4.78, 5) is 12.5. The highest BCUT2D eigenvalue weighted by atomic mass is 16.5. The lowest BCUT2D eigenvalue weighted by Gasteiger charge is -2.20. The predicted molar refractivity (Wildman–Crippen MR) is 73.8 cm³/mol. The van der Waals surface area contributed by atoms with Crippen molar-refractivity contribution in [3.8, 4) is 17.1 Å². The van der Waals surface area contributed by atoms with Crippen LogP contribution in [0.25, 0.3) is 17.0 Å². The summed E-state index contributed by atoms with van der Waals surface area (Å²) in [6.07, 6.45) is 8.33. The molecular formula is C14H12N4O. The van der Waals surface area contributed by atoms with Gasteiger partial charge in [0.2, 0.25) is 0 Å². The minimum absolute atomic E-state index is 0.405. The monoisotopic (exact) mass is 252 g/mol. The van der Waals surface area contributed by atoms with E-state index in [0.29, 0.717) is 6.73 Å². The molecule has 0 fully saturated rings. The lowest BCUT2D eigenvalue weighted by atomic mass is 10.2. The van der Waals surface area contributed by atoms with Crippen molar-refractivity contribution in [3.63, 3.8) is 0 Å². The molecule has 5 nitrogen and oxygen atoms in total. The lowest BCUT2D eigenvalue weighted by molar-refractivity contribution is 0.228. The van der Waals surface area contributed by atoms with Gasteiger partial charge in [-0.1, -0.05) is 13.2 Å². The number of aromatic nitrogens is 3. The van der Waals surface area contributed by atoms with Crippen molar-refractivity contribution in [2.45, 2.75) is 6.73 Å². The van der Waals surface area contributed by atoms with Crippen LogP contribution >= 0.6 is 0 Å². The number of rotatable bonds is 3. The Labute approximate surface area is 110 Å². The number of pyridine rings is 1. The van der Waals surface area contributed by atoms with E-state index in [0.717, 1.165) is 28.4 Å². The molecule has 5 heteroatoms. The van der Waals surface area contributed by atoms with E-state index in [2.05, 4.69) is 28.1 Å². The minimum atomic E-state index is 0.405. The fourth-order valence-electron chi connectivity index (χ4n) is 2.00. The topological polar surface area (TPSA) is 52.3 Å². The second kappa shape index (κ2) is 4.53. The smallest absolute Gasteiger partial charge is 0.167 e. The van der Waals surface area contributed by atoms with E-state index in [1.165, 1.54) is 6.20 Å². The van der Waals surface area contributed by atoms with Crippen LogP contribution in [-0.4, -0.2) is 20.7 Å². The number of hydrogen-bond acceptors (Lipinski definition) is 4. The van der Waals surface area contributed by atoms with E-state index < -0.39 is 0 Å². The van der Waals surface area contributed by atoms with E-state index in [1.54, 1.807) is 24.8 Å². The van der Waals surface area contributed by atoms with Gasteiger partial charge < -0.3 is 4.74 Å². The summed E-state index contributed by atoms with van der Waals surface area (Å²) in [6, 6.07) is 1.83. The average Bonchev–Trinajstić information content (AvgIpc) is 2.89. The normalized spacial score (nSPS) is 12.6. The van der Waals surface area contributed by atoms with Gasteiger partial charge in [-0.3, -0.25) is 14.5 Å². The van der Waals surface area contributed by atoms with Gasteiger partial charge in [0.1, 0.15) is 11.6 Å². The van der Waals surface area contributed by atoms with Gasteiger partial charge in [-0.15, -0.1) is 0 Å². The highest BCUT2D eigenvalue weighted by molar-refractivity contribution is 6.08. The third kappa shape index (κ3) is 1.85.